The second-order valence-corrected chi connectivity index (χ2v) is 4.88. The van der Waals surface area contributed by atoms with Crippen molar-refractivity contribution in [2.45, 2.75) is 0 Å². The second kappa shape index (κ2) is 4.10. The van der Waals surface area contributed by atoms with Gasteiger partial charge in [-0.1, -0.05) is 36.4 Å². The van der Waals surface area contributed by atoms with Gasteiger partial charge in [-0.15, -0.1) is 0 Å². The van der Waals surface area contributed by atoms with Gasteiger partial charge in [0.15, 0.2) is 5.65 Å². The van der Waals surface area contributed by atoms with Crippen LogP contribution in [0.25, 0.3) is 27.7 Å². The Bertz CT molecular complexity index is 922. The number of fused-ring (bicyclic) bond motifs is 2. The van der Waals surface area contributed by atoms with Crippen molar-refractivity contribution in [2.75, 3.05) is 5.73 Å². The first-order chi connectivity index (χ1) is 9.81. The molecule has 2 aromatic heterocycles. The van der Waals surface area contributed by atoms with Gasteiger partial charge in [0.1, 0.15) is 0 Å². The summed E-state index contributed by atoms with van der Waals surface area (Å²) in [6.07, 6.45) is 3.97. The zero-order valence-corrected chi connectivity index (χ0v) is 10.8. The maximum atomic E-state index is 5.95. The number of nitrogen functional groups attached to an aromatic ring is 1. The highest BCUT2D eigenvalue weighted by molar-refractivity contribution is 5.87. The zero-order valence-electron chi connectivity index (χ0n) is 10.8. The highest BCUT2D eigenvalue weighted by atomic mass is 15.0. The number of imidazole rings is 1. The summed E-state index contributed by atoms with van der Waals surface area (Å²) in [5.41, 5.74) is 9.49. The number of nitrogens with two attached hydrogens (primary N) is 1. The van der Waals surface area contributed by atoms with Crippen molar-refractivity contribution in [1.82, 2.24) is 9.38 Å². The van der Waals surface area contributed by atoms with Gasteiger partial charge in [-0.05, 0) is 29.0 Å². The molecule has 0 amide bonds. The Hall–Kier alpha value is -2.81. The average Bonchev–Trinajstić information content (AvgIpc) is 2.92. The molecule has 2 heterocycles. The molecule has 3 heteroatoms. The summed E-state index contributed by atoms with van der Waals surface area (Å²) in [4.78, 5) is 4.63. The van der Waals surface area contributed by atoms with Gasteiger partial charge in [-0.25, -0.2) is 4.98 Å². The van der Waals surface area contributed by atoms with Gasteiger partial charge in [0.25, 0.3) is 0 Å². The van der Waals surface area contributed by atoms with E-state index in [-0.39, 0.29) is 0 Å². The Labute approximate surface area is 116 Å². The molecular weight excluding hydrogens is 246 g/mol. The maximum absolute atomic E-state index is 5.95. The summed E-state index contributed by atoms with van der Waals surface area (Å²) in [7, 11) is 0. The van der Waals surface area contributed by atoms with Crippen molar-refractivity contribution in [1.29, 1.82) is 0 Å². The Balaban J connectivity index is 1.94. The molecule has 0 atom stereocenters. The number of hydrogen-bond donors (Lipinski definition) is 1. The first kappa shape index (κ1) is 11.1. The number of anilines is 1. The molecule has 0 spiro atoms. The summed E-state index contributed by atoms with van der Waals surface area (Å²) in [5.74, 6) is 0. The number of nitrogens with zero attached hydrogens (tertiary/aromatic N) is 2. The Morgan fingerprint density at radius 2 is 1.75 bits per heavy atom. The second-order valence-electron chi connectivity index (χ2n) is 4.88. The molecule has 0 aliphatic heterocycles. The molecule has 0 fully saturated rings. The van der Waals surface area contributed by atoms with Crippen LogP contribution in [0.2, 0.25) is 0 Å². The van der Waals surface area contributed by atoms with Crippen LogP contribution in [0.4, 0.5) is 5.69 Å². The molecule has 96 valence electrons. The van der Waals surface area contributed by atoms with E-state index in [1.807, 2.05) is 41.1 Å². The van der Waals surface area contributed by atoms with Gasteiger partial charge in [0.2, 0.25) is 0 Å². The number of aromatic nitrogens is 2. The lowest BCUT2D eigenvalue weighted by molar-refractivity contribution is 1.19. The minimum Gasteiger partial charge on any atom is -0.396 e. The number of benzene rings is 2. The predicted molar refractivity (Wildman–Crippen MR) is 82.5 cm³/mol. The smallest absolute Gasteiger partial charge is 0.160 e. The first-order valence-electron chi connectivity index (χ1n) is 6.54. The van der Waals surface area contributed by atoms with E-state index in [9.17, 15) is 0 Å². The quantitative estimate of drug-likeness (QED) is 0.566. The van der Waals surface area contributed by atoms with Crippen LogP contribution >= 0.6 is 0 Å². The SMILES string of the molecule is Nc1cccn2cc(-c3ccc4ccccc4c3)nc12. The van der Waals surface area contributed by atoms with Crippen molar-refractivity contribution < 1.29 is 0 Å². The standard InChI is InChI=1S/C17H13N3/c18-15-6-3-9-20-11-16(19-17(15)20)14-8-7-12-4-1-2-5-13(12)10-14/h1-11H,18H2. The monoisotopic (exact) mass is 259 g/mol. The maximum Gasteiger partial charge on any atom is 0.160 e. The van der Waals surface area contributed by atoms with Crippen molar-refractivity contribution in [2.24, 2.45) is 0 Å². The lowest BCUT2D eigenvalue weighted by Gasteiger charge is -2.00. The van der Waals surface area contributed by atoms with E-state index < -0.39 is 0 Å². The van der Waals surface area contributed by atoms with Crippen LogP contribution in [0.15, 0.2) is 67.0 Å². The molecule has 3 nitrogen and oxygen atoms in total. The third-order valence-electron chi connectivity index (χ3n) is 3.56. The zero-order chi connectivity index (χ0) is 13.5. The molecule has 4 aromatic rings. The molecule has 2 N–H and O–H groups in total. The van der Waals surface area contributed by atoms with E-state index in [0.29, 0.717) is 5.69 Å². The fourth-order valence-corrected chi connectivity index (χ4v) is 2.52. The van der Waals surface area contributed by atoms with Crippen molar-refractivity contribution in [3.8, 4) is 11.3 Å². The lowest BCUT2D eigenvalue weighted by atomic mass is 10.1. The highest BCUT2D eigenvalue weighted by Crippen LogP contribution is 2.25. The molecule has 0 aliphatic rings. The summed E-state index contributed by atoms with van der Waals surface area (Å²) in [6, 6.07) is 18.5. The van der Waals surface area contributed by atoms with Crippen LogP contribution in [0.3, 0.4) is 0 Å². The summed E-state index contributed by atoms with van der Waals surface area (Å²) in [6.45, 7) is 0. The Morgan fingerprint density at radius 1 is 0.900 bits per heavy atom. The average molecular weight is 259 g/mol. The van der Waals surface area contributed by atoms with Crippen molar-refractivity contribution >= 4 is 22.1 Å². The van der Waals surface area contributed by atoms with E-state index in [2.05, 4.69) is 35.3 Å². The largest absolute Gasteiger partial charge is 0.396 e. The molecule has 0 unspecified atom stereocenters. The molecule has 20 heavy (non-hydrogen) atoms. The molecule has 2 aromatic carbocycles. The minimum atomic E-state index is 0.694. The molecular formula is C17H13N3. The van der Waals surface area contributed by atoms with E-state index in [1.54, 1.807) is 0 Å². The van der Waals surface area contributed by atoms with E-state index in [1.165, 1.54) is 10.8 Å². The summed E-state index contributed by atoms with van der Waals surface area (Å²) < 4.78 is 1.96. The van der Waals surface area contributed by atoms with Crippen LogP contribution in [-0.4, -0.2) is 9.38 Å². The van der Waals surface area contributed by atoms with Gasteiger partial charge in [0.05, 0.1) is 11.4 Å². The van der Waals surface area contributed by atoms with Crippen LogP contribution in [0.1, 0.15) is 0 Å². The van der Waals surface area contributed by atoms with Crippen LogP contribution in [-0.2, 0) is 0 Å². The molecule has 0 bridgehead atoms. The molecule has 4 rings (SSSR count). The first-order valence-corrected chi connectivity index (χ1v) is 6.54. The van der Waals surface area contributed by atoms with Gasteiger partial charge in [-0.2, -0.15) is 0 Å². The summed E-state index contributed by atoms with van der Waals surface area (Å²) in [5, 5.41) is 2.45. The van der Waals surface area contributed by atoms with E-state index in [0.717, 1.165) is 16.9 Å². The van der Waals surface area contributed by atoms with Crippen molar-refractivity contribution in [3.63, 3.8) is 0 Å². The number of pyridine rings is 1. The molecule has 0 saturated heterocycles. The third-order valence-corrected chi connectivity index (χ3v) is 3.56. The fraction of sp³-hybridized carbons (Fsp3) is 0. The Kier molecular flexibility index (Phi) is 2.27. The van der Waals surface area contributed by atoms with Gasteiger partial charge < -0.3 is 10.1 Å². The number of rotatable bonds is 1. The van der Waals surface area contributed by atoms with E-state index in [4.69, 9.17) is 5.73 Å². The fourth-order valence-electron chi connectivity index (χ4n) is 2.52. The van der Waals surface area contributed by atoms with Crippen LogP contribution in [0.5, 0.6) is 0 Å². The third kappa shape index (κ3) is 1.64. The number of hydrogen-bond acceptors (Lipinski definition) is 2. The molecule has 0 saturated carbocycles. The minimum absolute atomic E-state index is 0.694. The lowest BCUT2D eigenvalue weighted by Crippen LogP contribution is -1.90. The molecule has 0 aliphatic carbocycles. The normalized spacial score (nSPS) is 11.2. The van der Waals surface area contributed by atoms with Gasteiger partial charge >= 0.3 is 0 Å². The van der Waals surface area contributed by atoms with E-state index >= 15 is 0 Å². The van der Waals surface area contributed by atoms with Crippen LogP contribution < -0.4 is 5.73 Å². The Morgan fingerprint density at radius 3 is 2.60 bits per heavy atom. The van der Waals surface area contributed by atoms with Crippen molar-refractivity contribution in [3.05, 3.63) is 67.0 Å². The van der Waals surface area contributed by atoms with Crippen LogP contribution in [0, 0.1) is 0 Å². The highest BCUT2D eigenvalue weighted by Gasteiger charge is 2.06. The van der Waals surface area contributed by atoms with Gasteiger partial charge in [0, 0.05) is 18.0 Å². The van der Waals surface area contributed by atoms with Gasteiger partial charge in [-0.3, -0.25) is 0 Å². The topological polar surface area (TPSA) is 43.3 Å². The molecule has 0 radical (unpaired) electrons. The summed E-state index contributed by atoms with van der Waals surface area (Å²) >= 11 is 0. The predicted octanol–water partition coefficient (Wildman–Crippen LogP) is 3.74.